The summed E-state index contributed by atoms with van der Waals surface area (Å²) in [4.78, 5) is 12.6. The zero-order chi connectivity index (χ0) is 20.7. The van der Waals surface area contributed by atoms with Crippen LogP contribution in [0.2, 0.25) is 0 Å². The lowest BCUT2D eigenvalue weighted by atomic mass is 9.88. The van der Waals surface area contributed by atoms with Crippen LogP contribution in [-0.2, 0) is 26.9 Å². The SMILES string of the molecule is CS(=O)(=O)Cc1ccc(CNC(=O)CC(c2ccccc2)c2ccccc2)cc1. The summed E-state index contributed by atoms with van der Waals surface area (Å²) >= 11 is 0. The second kappa shape index (κ2) is 9.52. The number of hydrogen-bond donors (Lipinski definition) is 1. The van der Waals surface area contributed by atoms with Crippen LogP contribution in [-0.4, -0.2) is 20.6 Å². The van der Waals surface area contributed by atoms with Gasteiger partial charge in [-0.15, -0.1) is 0 Å². The summed E-state index contributed by atoms with van der Waals surface area (Å²) < 4.78 is 22.8. The van der Waals surface area contributed by atoms with E-state index >= 15 is 0 Å². The number of carbonyl (C=O) groups is 1. The summed E-state index contributed by atoms with van der Waals surface area (Å²) in [6, 6.07) is 27.4. The summed E-state index contributed by atoms with van der Waals surface area (Å²) in [5.74, 6) is -0.00685. The standard InChI is InChI=1S/C24H25NO3S/c1-29(27,28)18-20-14-12-19(13-15-20)17-25-24(26)16-23(21-8-4-2-5-9-21)22-10-6-3-7-11-22/h2-15,23H,16-18H2,1H3,(H,25,26). The maximum atomic E-state index is 12.6. The van der Waals surface area contributed by atoms with Gasteiger partial charge >= 0.3 is 0 Å². The molecule has 0 spiro atoms. The first-order valence-corrected chi connectivity index (χ1v) is 11.6. The van der Waals surface area contributed by atoms with Crippen LogP contribution in [0.5, 0.6) is 0 Å². The van der Waals surface area contributed by atoms with Gasteiger partial charge in [0, 0.05) is 25.1 Å². The third-order valence-corrected chi connectivity index (χ3v) is 5.59. The molecule has 0 saturated carbocycles. The number of hydrogen-bond acceptors (Lipinski definition) is 3. The molecule has 3 aromatic carbocycles. The van der Waals surface area contributed by atoms with Gasteiger partial charge in [-0.3, -0.25) is 4.79 Å². The van der Waals surface area contributed by atoms with Gasteiger partial charge in [0.05, 0.1) is 5.75 Å². The van der Waals surface area contributed by atoms with Crippen LogP contribution < -0.4 is 5.32 Å². The highest BCUT2D eigenvalue weighted by Gasteiger charge is 2.17. The molecule has 4 nitrogen and oxygen atoms in total. The molecule has 5 heteroatoms. The Balaban J connectivity index is 1.63. The Kier molecular flexibility index (Phi) is 6.83. The van der Waals surface area contributed by atoms with E-state index in [4.69, 9.17) is 0 Å². The number of amides is 1. The second-order valence-electron chi connectivity index (χ2n) is 7.24. The maximum absolute atomic E-state index is 12.6. The minimum Gasteiger partial charge on any atom is -0.352 e. The molecule has 29 heavy (non-hydrogen) atoms. The van der Waals surface area contributed by atoms with Crippen molar-refractivity contribution >= 4 is 15.7 Å². The number of carbonyl (C=O) groups excluding carboxylic acids is 1. The van der Waals surface area contributed by atoms with E-state index < -0.39 is 9.84 Å². The molecule has 150 valence electrons. The molecule has 1 N–H and O–H groups in total. The summed E-state index contributed by atoms with van der Waals surface area (Å²) in [6.45, 7) is 0.411. The Morgan fingerprint density at radius 2 is 1.28 bits per heavy atom. The van der Waals surface area contributed by atoms with Crippen LogP contribution in [0.3, 0.4) is 0 Å². The van der Waals surface area contributed by atoms with E-state index in [9.17, 15) is 13.2 Å². The van der Waals surface area contributed by atoms with Gasteiger partial charge in [-0.05, 0) is 22.3 Å². The fraction of sp³-hybridized carbons (Fsp3) is 0.208. The van der Waals surface area contributed by atoms with E-state index in [1.807, 2.05) is 72.8 Å². The molecular weight excluding hydrogens is 382 g/mol. The molecule has 1 amide bonds. The summed E-state index contributed by atoms with van der Waals surface area (Å²) in [5.41, 5.74) is 3.90. The minimum absolute atomic E-state index is 0.00506. The molecule has 0 fully saturated rings. The first kappa shape index (κ1) is 20.8. The first-order valence-electron chi connectivity index (χ1n) is 9.53. The third-order valence-electron chi connectivity index (χ3n) is 4.73. The zero-order valence-electron chi connectivity index (χ0n) is 16.4. The van der Waals surface area contributed by atoms with Crippen LogP contribution in [0.25, 0.3) is 0 Å². The monoisotopic (exact) mass is 407 g/mol. The van der Waals surface area contributed by atoms with Crippen molar-refractivity contribution in [3.63, 3.8) is 0 Å². The van der Waals surface area contributed by atoms with Crippen LogP contribution in [0.1, 0.15) is 34.6 Å². The molecule has 0 aromatic heterocycles. The largest absolute Gasteiger partial charge is 0.352 e. The quantitative estimate of drug-likeness (QED) is 0.612. The van der Waals surface area contributed by atoms with E-state index in [1.165, 1.54) is 6.26 Å². The molecule has 0 heterocycles. The van der Waals surface area contributed by atoms with Crippen molar-refractivity contribution < 1.29 is 13.2 Å². The molecular formula is C24H25NO3S. The minimum atomic E-state index is -3.05. The average Bonchev–Trinajstić information content (AvgIpc) is 2.72. The van der Waals surface area contributed by atoms with Gasteiger partial charge in [-0.2, -0.15) is 0 Å². The van der Waals surface area contributed by atoms with Gasteiger partial charge in [0.2, 0.25) is 5.91 Å². The highest BCUT2D eigenvalue weighted by Crippen LogP contribution is 2.27. The molecule has 0 bridgehead atoms. The topological polar surface area (TPSA) is 63.2 Å². The van der Waals surface area contributed by atoms with Gasteiger partial charge in [0.15, 0.2) is 9.84 Å². The number of benzene rings is 3. The van der Waals surface area contributed by atoms with E-state index in [-0.39, 0.29) is 17.6 Å². The predicted octanol–water partition coefficient (Wildman–Crippen LogP) is 4.07. The van der Waals surface area contributed by atoms with Crippen LogP contribution in [0, 0.1) is 0 Å². The Labute approximate surface area is 172 Å². The molecule has 0 aliphatic heterocycles. The fourth-order valence-electron chi connectivity index (χ4n) is 3.31. The van der Waals surface area contributed by atoms with Crippen LogP contribution in [0.4, 0.5) is 0 Å². The van der Waals surface area contributed by atoms with Crippen molar-refractivity contribution in [2.75, 3.05) is 6.26 Å². The maximum Gasteiger partial charge on any atom is 0.221 e. The first-order chi connectivity index (χ1) is 13.9. The van der Waals surface area contributed by atoms with Gasteiger partial charge < -0.3 is 5.32 Å². The highest BCUT2D eigenvalue weighted by atomic mass is 32.2. The fourth-order valence-corrected chi connectivity index (χ4v) is 4.11. The molecule has 0 saturated heterocycles. The number of rotatable bonds is 8. The van der Waals surface area contributed by atoms with E-state index in [0.717, 1.165) is 22.3 Å². The van der Waals surface area contributed by atoms with Crippen molar-refractivity contribution in [3.05, 3.63) is 107 Å². The molecule has 3 aromatic rings. The van der Waals surface area contributed by atoms with E-state index in [0.29, 0.717) is 13.0 Å². The van der Waals surface area contributed by atoms with Gasteiger partial charge in [-0.1, -0.05) is 84.9 Å². The summed E-state index contributed by atoms with van der Waals surface area (Å²) in [6.07, 6.45) is 1.58. The Morgan fingerprint density at radius 1 is 0.793 bits per heavy atom. The number of sulfone groups is 1. The van der Waals surface area contributed by atoms with E-state index in [2.05, 4.69) is 5.32 Å². The smallest absolute Gasteiger partial charge is 0.221 e. The van der Waals surface area contributed by atoms with Crippen molar-refractivity contribution in [3.8, 4) is 0 Å². The van der Waals surface area contributed by atoms with Gasteiger partial charge in [0.25, 0.3) is 0 Å². The Bertz CT molecular complexity index is 991. The van der Waals surface area contributed by atoms with Crippen LogP contribution >= 0.6 is 0 Å². The zero-order valence-corrected chi connectivity index (χ0v) is 17.2. The van der Waals surface area contributed by atoms with E-state index in [1.54, 1.807) is 12.1 Å². The lowest BCUT2D eigenvalue weighted by Crippen LogP contribution is -2.25. The molecule has 0 atom stereocenters. The predicted molar refractivity (Wildman–Crippen MR) is 116 cm³/mol. The molecule has 0 radical (unpaired) electrons. The lowest BCUT2D eigenvalue weighted by Gasteiger charge is -2.18. The molecule has 0 unspecified atom stereocenters. The van der Waals surface area contributed by atoms with Crippen molar-refractivity contribution in [1.29, 1.82) is 0 Å². The van der Waals surface area contributed by atoms with Crippen molar-refractivity contribution in [2.45, 2.75) is 24.6 Å². The molecule has 3 rings (SSSR count). The third kappa shape index (κ3) is 6.57. The molecule has 0 aliphatic rings. The lowest BCUT2D eigenvalue weighted by molar-refractivity contribution is -0.121. The van der Waals surface area contributed by atoms with Crippen molar-refractivity contribution in [2.24, 2.45) is 0 Å². The van der Waals surface area contributed by atoms with Gasteiger partial charge in [0.1, 0.15) is 0 Å². The second-order valence-corrected chi connectivity index (χ2v) is 9.38. The van der Waals surface area contributed by atoms with Crippen molar-refractivity contribution in [1.82, 2.24) is 5.32 Å². The highest BCUT2D eigenvalue weighted by molar-refractivity contribution is 7.89. The average molecular weight is 408 g/mol. The number of nitrogens with one attached hydrogen (secondary N) is 1. The normalized spacial score (nSPS) is 11.4. The summed E-state index contributed by atoms with van der Waals surface area (Å²) in [5, 5.41) is 2.98. The Morgan fingerprint density at radius 3 is 1.76 bits per heavy atom. The van der Waals surface area contributed by atoms with Crippen LogP contribution in [0.15, 0.2) is 84.9 Å². The summed E-state index contributed by atoms with van der Waals surface area (Å²) in [7, 11) is -3.05. The molecule has 0 aliphatic carbocycles. The van der Waals surface area contributed by atoms with Gasteiger partial charge in [-0.25, -0.2) is 8.42 Å². The Hall–Kier alpha value is -2.92.